The largest absolute Gasteiger partial charge is 0.376 e. The van der Waals surface area contributed by atoms with Gasteiger partial charge in [-0.1, -0.05) is 0 Å². The van der Waals surface area contributed by atoms with Crippen LogP contribution < -0.4 is 0 Å². The lowest BCUT2D eigenvalue weighted by molar-refractivity contribution is -0.0933. The van der Waals surface area contributed by atoms with E-state index in [-0.39, 0.29) is 11.6 Å². The van der Waals surface area contributed by atoms with E-state index in [1.807, 2.05) is 0 Å². The lowest BCUT2D eigenvalue weighted by atomic mass is 10.2. The quantitative estimate of drug-likeness (QED) is 0.862. The van der Waals surface area contributed by atoms with Crippen molar-refractivity contribution in [2.24, 2.45) is 0 Å². The van der Waals surface area contributed by atoms with Crippen LogP contribution in [-0.2, 0) is 16.0 Å². The standard InChI is InChI=1S/C12H12F2N2O2S/c13-7-3-9(14)11-10(4-7)16(12(19)15-11)5-8-6-17-1-2-18-8/h3-4,8H,1-2,5-6H2,(H,15,19). The Morgan fingerprint density at radius 2 is 2.21 bits per heavy atom. The van der Waals surface area contributed by atoms with Gasteiger partial charge in [0.15, 0.2) is 10.6 Å². The molecule has 0 amide bonds. The third-order valence-corrected chi connectivity index (χ3v) is 3.40. The van der Waals surface area contributed by atoms with E-state index in [2.05, 4.69) is 4.98 Å². The molecule has 2 heterocycles. The summed E-state index contributed by atoms with van der Waals surface area (Å²) in [5.41, 5.74) is 0.611. The SMILES string of the molecule is Fc1cc(F)c2[nH]c(=S)n(CC3COCCO3)c2c1. The Morgan fingerprint density at radius 3 is 2.95 bits per heavy atom. The maximum Gasteiger partial charge on any atom is 0.178 e. The van der Waals surface area contributed by atoms with Crippen LogP contribution in [0.15, 0.2) is 12.1 Å². The highest BCUT2D eigenvalue weighted by molar-refractivity contribution is 7.71. The third-order valence-electron chi connectivity index (χ3n) is 3.07. The number of nitrogens with zero attached hydrogens (tertiary/aromatic N) is 1. The van der Waals surface area contributed by atoms with Gasteiger partial charge < -0.3 is 19.0 Å². The molecule has 4 nitrogen and oxygen atoms in total. The van der Waals surface area contributed by atoms with E-state index in [1.165, 1.54) is 6.07 Å². The number of fused-ring (bicyclic) bond motifs is 1. The van der Waals surface area contributed by atoms with Crippen molar-refractivity contribution in [2.45, 2.75) is 12.6 Å². The first-order valence-electron chi connectivity index (χ1n) is 5.92. The van der Waals surface area contributed by atoms with Crippen molar-refractivity contribution < 1.29 is 18.3 Å². The average Bonchev–Trinajstić information content (AvgIpc) is 2.69. The molecule has 1 aliphatic heterocycles. The van der Waals surface area contributed by atoms with Crippen molar-refractivity contribution in [1.29, 1.82) is 0 Å². The second kappa shape index (κ2) is 4.99. The van der Waals surface area contributed by atoms with Crippen molar-refractivity contribution in [1.82, 2.24) is 9.55 Å². The topological polar surface area (TPSA) is 39.2 Å². The number of ether oxygens (including phenoxy) is 2. The number of benzene rings is 1. The predicted octanol–water partition coefficient (Wildman–Crippen LogP) is 2.39. The van der Waals surface area contributed by atoms with Crippen molar-refractivity contribution >= 4 is 23.3 Å². The Balaban J connectivity index is 2.02. The molecule has 1 aliphatic rings. The fourth-order valence-electron chi connectivity index (χ4n) is 2.21. The molecule has 1 saturated heterocycles. The first-order chi connectivity index (χ1) is 9.15. The van der Waals surface area contributed by atoms with Crippen LogP contribution in [0.25, 0.3) is 11.0 Å². The van der Waals surface area contributed by atoms with Gasteiger partial charge in [-0.2, -0.15) is 0 Å². The molecule has 102 valence electrons. The third kappa shape index (κ3) is 2.41. The molecule has 3 rings (SSSR count). The summed E-state index contributed by atoms with van der Waals surface area (Å²) in [4.78, 5) is 2.75. The first-order valence-corrected chi connectivity index (χ1v) is 6.33. The molecule has 0 spiro atoms. The highest BCUT2D eigenvalue weighted by atomic mass is 32.1. The van der Waals surface area contributed by atoms with Gasteiger partial charge in [0.1, 0.15) is 11.3 Å². The molecular formula is C12H12F2N2O2S. The summed E-state index contributed by atoms with van der Waals surface area (Å²) in [6.45, 7) is 1.94. The van der Waals surface area contributed by atoms with Crippen LogP contribution in [0.5, 0.6) is 0 Å². The monoisotopic (exact) mass is 286 g/mol. The van der Waals surface area contributed by atoms with Gasteiger partial charge in [0.2, 0.25) is 0 Å². The van der Waals surface area contributed by atoms with Crippen LogP contribution in [0.4, 0.5) is 8.78 Å². The number of H-pyrrole nitrogens is 1. The van der Waals surface area contributed by atoms with E-state index in [9.17, 15) is 8.78 Å². The van der Waals surface area contributed by atoms with Gasteiger partial charge in [0, 0.05) is 6.07 Å². The summed E-state index contributed by atoms with van der Waals surface area (Å²) in [6, 6.07) is 2.09. The zero-order valence-corrected chi connectivity index (χ0v) is 10.8. The number of aromatic amines is 1. The zero-order chi connectivity index (χ0) is 13.4. The van der Waals surface area contributed by atoms with Crippen molar-refractivity contribution in [3.8, 4) is 0 Å². The van der Waals surface area contributed by atoms with Crippen LogP contribution in [0.2, 0.25) is 0 Å². The minimum atomic E-state index is -0.652. The summed E-state index contributed by atoms with van der Waals surface area (Å²) in [7, 11) is 0. The van der Waals surface area contributed by atoms with Crippen molar-refractivity contribution in [3.05, 3.63) is 28.5 Å². The molecule has 1 aromatic carbocycles. The second-order valence-corrected chi connectivity index (χ2v) is 4.78. The fraction of sp³-hybridized carbons (Fsp3) is 0.417. The Kier molecular flexibility index (Phi) is 3.34. The van der Waals surface area contributed by atoms with Gasteiger partial charge in [-0.15, -0.1) is 0 Å². The number of aromatic nitrogens is 2. The van der Waals surface area contributed by atoms with Gasteiger partial charge in [0.25, 0.3) is 0 Å². The lowest BCUT2D eigenvalue weighted by Crippen LogP contribution is -2.32. The summed E-state index contributed by atoms with van der Waals surface area (Å²) in [5, 5.41) is 0. The lowest BCUT2D eigenvalue weighted by Gasteiger charge is -2.23. The van der Waals surface area contributed by atoms with Crippen molar-refractivity contribution in [3.63, 3.8) is 0 Å². The summed E-state index contributed by atoms with van der Waals surface area (Å²) < 4.78 is 39.7. The molecule has 0 saturated carbocycles. The smallest absolute Gasteiger partial charge is 0.178 e. The zero-order valence-electron chi connectivity index (χ0n) is 9.99. The molecule has 2 aromatic rings. The predicted molar refractivity (Wildman–Crippen MR) is 67.6 cm³/mol. The van der Waals surface area contributed by atoms with E-state index in [0.29, 0.717) is 36.7 Å². The number of nitrogens with one attached hydrogen (secondary N) is 1. The molecule has 0 aliphatic carbocycles. The maximum absolute atomic E-state index is 13.6. The molecule has 1 unspecified atom stereocenters. The Morgan fingerprint density at radius 1 is 1.37 bits per heavy atom. The molecule has 7 heteroatoms. The van der Waals surface area contributed by atoms with Gasteiger partial charge in [-0.05, 0) is 18.3 Å². The van der Waals surface area contributed by atoms with Gasteiger partial charge in [0.05, 0.1) is 38.0 Å². The highest BCUT2D eigenvalue weighted by Gasteiger charge is 2.18. The van der Waals surface area contributed by atoms with Crippen LogP contribution in [0.1, 0.15) is 0 Å². The van der Waals surface area contributed by atoms with Crippen LogP contribution >= 0.6 is 12.2 Å². The van der Waals surface area contributed by atoms with Crippen molar-refractivity contribution in [2.75, 3.05) is 19.8 Å². The number of hydrogen-bond acceptors (Lipinski definition) is 3. The molecule has 0 radical (unpaired) electrons. The Hall–Kier alpha value is -1.31. The number of hydrogen-bond donors (Lipinski definition) is 1. The van der Waals surface area contributed by atoms with E-state index in [1.54, 1.807) is 4.57 Å². The molecule has 1 aromatic heterocycles. The molecule has 0 bridgehead atoms. The van der Waals surface area contributed by atoms with Gasteiger partial charge in [-0.3, -0.25) is 0 Å². The highest BCUT2D eigenvalue weighted by Crippen LogP contribution is 2.20. The van der Waals surface area contributed by atoms with E-state index < -0.39 is 11.6 Å². The first kappa shape index (κ1) is 12.7. The van der Waals surface area contributed by atoms with E-state index in [0.717, 1.165) is 6.07 Å². The molecule has 1 N–H and O–H groups in total. The molecule has 1 atom stereocenters. The normalized spacial score (nSPS) is 20.0. The minimum Gasteiger partial charge on any atom is -0.376 e. The number of halogens is 2. The number of imidazole rings is 1. The summed E-state index contributed by atoms with van der Waals surface area (Å²) in [6.07, 6.45) is -0.161. The Labute approximate surface area is 112 Å². The van der Waals surface area contributed by atoms with Crippen LogP contribution in [0, 0.1) is 16.4 Å². The van der Waals surface area contributed by atoms with Crippen LogP contribution in [0.3, 0.4) is 0 Å². The van der Waals surface area contributed by atoms with Gasteiger partial charge >= 0.3 is 0 Å². The molecule has 1 fully saturated rings. The Bertz CT molecular complexity index is 662. The summed E-state index contributed by atoms with van der Waals surface area (Å²) in [5.74, 6) is -1.28. The number of rotatable bonds is 2. The average molecular weight is 286 g/mol. The summed E-state index contributed by atoms with van der Waals surface area (Å²) >= 11 is 5.15. The minimum absolute atomic E-state index is 0.161. The van der Waals surface area contributed by atoms with E-state index in [4.69, 9.17) is 21.7 Å². The second-order valence-electron chi connectivity index (χ2n) is 4.39. The molecule has 19 heavy (non-hydrogen) atoms. The van der Waals surface area contributed by atoms with Gasteiger partial charge in [-0.25, -0.2) is 8.78 Å². The molecular weight excluding hydrogens is 274 g/mol. The fourth-order valence-corrected chi connectivity index (χ4v) is 2.48. The van der Waals surface area contributed by atoms with Crippen LogP contribution in [-0.4, -0.2) is 35.5 Å². The maximum atomic E-state index is 13.6. The van der Waals surface area contributed by atoms with E-state index >= 15 is 0 Å².